The number of piperidine rings is 1. The Balaban J connectivity index is 1.39. The van der Waals surface area contributed by atoms with Crippen molar-refractivity contribution in [2.75, 3.05) is 24.5 Å². The second-order valence-electron chi connectivity index (χ2n) is 6.81. The molecule has 1 aromatic carbocycles. The second kappa shape index (κ2) is 6.91. The van der Waals surface area contributed by atoms with Crippen LogP contribution in [0.15, 0.2) is 34.9 Å². The average Bonchev–Trinajstić information content (AvgIpc) is 3.32. The summed E-state index contributed by atoms with van der Waals surface area (Å²) in [6.07, 6.45) is 3.58. The molecule has 0 saturated carbocycles. The number of hydrogen-bond acceptors (Lipinski definition) is 6. The smallest absolute Gasteiger partial charge is 0.266 e. The van der Waals surface area contributed by atoms with Crippen LogP contribution in [0.1, 0.15) is 26.2 Å². The molecule has 0 radical (unpaired) electrons. The zero-order chi connectivity index (χ0) is 16.4. The summed E-state index contributed by atoms with van der Waals surface area (Å²) < 4.78 is 5.44. The molecule has 0 amide bonds. The lowest BCUT2D eigenvalue weighted by Crippen LogP contribution is -2.44. The molecule has 6 nitrogen and oxygen atoms in total. The Bertz CT molecular complexity index is 650. The first kappa shape index (κ1) is 15.6. The molecule has 2 aliphatic heterocycles. The van der Waals surface area contributed by atoms with Crippen LogP contribution >= 0.6 is 0 Å². The van der Waals surface area contributed by atoms with Crippen LogP contribution in [0.25, 0.3) is 11.5 Å². The van der Waals surface area contributed by atoms with E-state index < -0.39 is 0 Å². The highest BCUT2D eigenvalue weighted by molar-refractivity contribution is 5.54. The van der Waals surface area contributed by atoms with Crippen molar-refractivity contribution in [2.45, 2.75) is 32.2 Å². The van der Waals surface area contributed by atoms with Gasteiger partial charge in [0.25, 0.3) is 11.8 Å². The molecule has 2 saturated heterocycles. The largest absolute Gasteiger partial charge is 0.338 e. The molecule has 2 unspecified atom stereocenters. The minimum absolute atomic E-state index is 0.598. The normalized spacial score (nSPS) is 25.3. The minimum atomic E-state index is 0.598. The standard InChI is InChI=1S/C18H25N5O/c1-2-13-12-19-21-16(13)14-8-10-23(11-9-14)18-20-17(24-22-18)15-6-4-3-5-7-15/h3-7,13-14,16,19,21H,2,8-12H2,1H3. The van der Waals surface area contributed by atoms with E-state index in [0.717, 1.165) is 43.0 Å². The molecular weight excluding hydrogens is 302 g/mol. The first-order valence-electron chi connectivity index (χ1n) is 8.97. The highest BCUT2D eigenvalue weighted by atomic mass is 16.5. The summed E-state index contributed by atoms with van der Waals surface area (Å²) in [5.74, 6) is 2.79. The van der Waals surface area contributed by atoms with Crippen LogP contribution in [0.4, 0.5) is 5.95 Å². The van der Waals surface area contributed by atoms with E-state index in [0.29, 0.717) is 11.9 Å². The summed E-state index contributed by atoms with van der Waals surface area (Å²) in [5.41, 5.74) is 7.79. The van der Waals surface area contributed by atoms with Gasteiger partial charge >= 0.3 is 0 Å². The number of nitrogens with one attached hydrogen (secondary N) is 2. The number of aromatic nitrogens is 2. The van der Waals surface area contributed by atoms with Crippen LogP contribution in [0.2, 0.25) is 0 Å². The molecule has 24 heavy (non-hydrogen) atoms. The van der Waals surface area contributed by atoms with Gasteiger partial charge < -0.3 is 9.42 Å². The van der Waals surface area contributed by atoms with E-state index in [9.17, 15) is 0 Å². The summed E-state index contributed by atoms with van der Waals surface area (Å²) in [6, 6.07) is 10.5. The van der Waals surface area contributed by atoms with Gasteiger partial charge in [-0.2, -0.15) is 4.98 Å². The molecule has 1 aromatic heterocycles. The molecule has 3 heterocycles. The monoisotopic (exact) mass is 327 g/mol. The maximum atomic E-state index is 5.44. The van der Waals surface area contributed by atoms with Crippen molar-refractivity contribution in [3.63, 3.8) is 0 Å². The maximum absolute atomic E-state index is 5.44. The van der Waals surface area contributed by atoms with E-state index in [-0.39, 0.29) is 0 Å². The van der Waals surface area contributed by atoms with Gasteiger partial charge in [0, 0.05) is 31.2 Å². The van der Waals surface area contributed by atoms with Crippen molar-refractivity contribution < 1.29 is 4.52 Å². The van der Waals surface area contributed by atoms with Crippen LogP contribution in [-0.4, -0.2) is 35.8 Å². The Labute approximate surface area is 142 Å². The molecule has 128 valence electrons. The van der Waals surface area contributed by atoms with Crippen molar-refractivity contribution in [2.24, 2.45) is 11.8 Å². The van der Waals surface area contributed by atoms with E-state index >= 15 is 0 Å². The molecule has 2 aromatic rings. The van der Waals surface area contributed by atoms with Gasteiger partial charge in [0.1, 0.15) is 0 Å². The zero-order valence-electron chi connectivity index (χ0n) is 14.1. The van der Waals surface area contributed by atoms with Gasteiger partial charge in [-0.15, -0.1) is 0 Å². The summed E-state index contributed by atoms with van der Waals surface area (Å²) in [7, 11) is 0. The topological polar surface area (TPSA) is 66.2 Å². The predicted octanol–water partition coefficient (Wildman–Crippen LogP) is 2.46. The highest BCUT2D eigenvalue weighted by Crippen LogP contribution is 2.30. The molecule has 6 heteroatoms. The summed E-state index contributed by atoms with van der Waals surface area (Å²) in [4.78, 5) is 6.82. The van der Waals surface area contributed by atoms with Crippen LogP contribution in [0.5, 0.6) is 0 Å². The molecule has 2 N–H and O–H groups in total. The van der Waals surface area contributed by atoms with E-state index in [2.05, 4.69) is 32.8 Å². The quantitative estimate of drug-likeness (QED) is 0.899. The summed E-state index contributed by atoms with van der Waals surface area (Å²) in [5, 5.41) is 4.18. The second-order valence-corrected chi connectivity index (χ2v) is 6.81. The number of anilines is 1. The Morgan fingerprint density at radius 3 is 2.75 bits per heavy atom. The van der Waals surface area contributed by atoms with Crippen molar-refractivity contribution in [3.8, 4) is 11.5 Å². The number of nitrogens with zero attached hydrogens (tertiary/aromatic N) is 3. The van der Waals surface area contributed by atoms with Gasteiger partial charge in [0.2, 0.25) is 0 Å². The van der Waals surface area contributed by atoms with Gasteiger partial charge in [-0.3, -0.25) is 10.9 Å². The minimum Gasteiger partial charge on any atom is -0.338 e. The number of hydrogen-bond donors (Lipinski definition) is 2. The van der Waals surface area contributed by atoms with Crippen LogP contribution in [0, 0.1) is 11.8 Å². The van der Waals surface area contributed by atoms with Crippen LogP contribution in [0.3, 0.4) is 0 Å². The molecular formula is C18H25N5O. The van der Waals surface area contributed by atoms with Gasteiger partial charge in [0.05, 0.1) is 0 Å². The van der Waals surface area contributed by atoms with Gasteiger partial charge in [-0.1, -0.05) is 31.5 Å². The lowest BCUT2D eigenvalue weighted by atomic mass is 9.82. The lowest BCUT2D eigenvalue weighted by Gasteiger charge is -2.35. The Morgan fingerprint density at radius 1 is 1.21 bits per heavy atom. The number of rotatable bonds is 4. The highest BCUT2D eigenvalue weighted by Gasteiger charge is 2.35. The number of hydrazine groups is 1. The Kier molecular flexibility index (Phi) is 4.49. The fourth-order valence-electron chi connectivity index (χ4n) is 3.95. The predicted molar refractivity (Wildman–Crippen MR) is 93.4 cm³/mol. The molecule has 0 aliphatic carbocycles. The van der Waals surface area contributed by atoms with Crippen molar-refractivity contribution in [1.82, 2.24) is 21.0 Å². The maximum Gasteiger partial charge on any atom is 0.266 e. The van der Waals surface area contributed by atoms with E-state index in [4.69, 9.17) is 4.52 Å². The summed E-state index contributed by atoms with van der Waals surface area (Å²) >= 11 is 0. The molecule has 2 aliphatic rings. The van der Waals surface area contributed by atoms with Crippen LogP contribution in [-0.2, 0) is 0 Å². The molecule has 2 fully saturated rings. The van der Waals surface area contributed by atoms with Crippen molar-refractivity contribution in [1.29, 1.82) is 0 Å². The van der Waals surface area contributed by atoms with Gasteiger partial charge in [0.15, 0.2) is 0 Å². The Morgan fingerprint density at radius 2 is 2.00 bits per heavy atom. The van der Waals surface area contributed by atoms with E-state index in [1.54, 1.807) is 0 Å². The Hall–Kier alpha value is -1.92. The van der Waals surface area contributed by atoms with Crippen LogP contribution < -0.4 is 15.8 Å². The zero-order valence-corrected chi connectivity index (χ0v) is 14.1. The van der Waals surface area contributed by atoms with Crippen molar-refractivity contribution >= 4 is 5.95 Å². The fourth-order valence-corrected chi connectivity index (χ4v) is 3.95. The average molecular weight is 327 g/mol. The van der Waals surface area contributed by atoms with E-state index in [1.807, 2.05) is 30.3 Å². The number of benzene rings is 1. The molecule has 2 atom stereocenters. The fraction of sp³-hybridized carbons (Fsp3) is 0.556. The molecule has 0 spiro atoms. The molecule has 0 bridgehead atoms. The lowest BCUT2D eigenvalue weighted by molar-refractivity contribution is 0.263. The van der Waals surface area contributed by atoms with Gasteiger partial charge in [-0.25, -0.2) is 0 Å². The third kappa shape index (κ3) is 3.03. The van der Waals surface area contributed by atoms with Gasteiger partial charge in [-0.05, 0) is 42.0 Å². The first-order chi connectivity index (χ1) is 11.8. The first-order valence-corrected chi connectivity index (χ1v) is 8.97. The third-order valence-corrected chi connectivity index (χ3v) is 5.43. The third-order valence-electron chi connectivity index (χ3n) is 5.43. The molecule has 4 rings (SSSR count). The van der Waals surface area contributed by atoms with E-state index in [1.165, 1.54) is 19.3 Å². The van der Waals surface area contributed by atoms with Crippen molar-refractivity contribution in [3.05, 3.63) is 30.3 Å². The summed E-state index contributed by atoms with van der Waals surface area (Å²) in [6.45, 7) is 5.36. The SMILES string of the molecule is CCC1CNNC1C1CCN(c2noc(-c3ccccc3)n2)CC1.